The molecular formula is C17H29N5O2. The third kappa shape index (κ3) is 5.25. The van der Waals surface area contributed by atoms with Gasteiger partial charge in [0.25, 0.3) is 0 Å². The first-order chi connectivity index (χ1) is 11.3. The van der Waals surface area contributed by atoms with Crippen LogP contribution in [0.4, 0.5) is 4.79 Å². The fraction of sp³-hybridized carbons (Fsp3) is 0.706. The molecule has 0 radical (unpaired) electrons. The summed E-state index contributed by atoms with van der Waals surface area (Å²) >= 11 is 0. The lowest BCUT2D eigenvalue weighted by atomic mass is 9.93. The zero-order valence-electron chi connectivity index (χ0n) is 14.9. The fourth-order valence-corrected chi connectivity index (χ4v) is 3.22. The van der Waals surface area contributed by atoms with Gasteiger partial charge in [-0.15, -0.1) is 0 Å². The first kappa shape index (κ1) is 18.3. The Hall–Kier alpha value is -2.05. The van der Waals surface area contributed by atoms with Crippen LogP contribution >= 0.6 is 0 Å². The molecule has 0 unspecified atom stereocenters. The summed E-state index contributed by atoms with van der Waals surface area (Å²) in [7, 11) is 0. The molecule has 1 fully saturated rings. The van der Waals surface area contributed by atoms with Gasteiger partial charge < -0.3 is 16.0 Å². The number of primary amides is 1. The summed E-state index contributed by atoms with van der Waals surface area (Å²) in [4.78, 5) is 25.0. The van der Waals surface area contributed by atoms with Crippen LogP contribution < -0.4 is 11.1 Å². The van der Waals surface area contributed by atoms with E-state index in [0.29, 0.717) is 37.9 Å². The number of hydrogen-bond acceptors (Lipinski definition) is 3. The molecule has 7 heteroatoms. The molecule has 7 nitrogen and oxygen atoms in total. The van der Waals surface area contributed by atoms with Crippen LogP contribution in [0.1, 0.15) is 37.6 Å². The van der Waals surface area contributed by atoms with Crippen LogP contribution in [0.25, 0.3) is 0 Å². The monoisotopic (exact) mass is 335 g/mol. The number of likely N-dealkylation sites (tertiary alicyclic amines) is 1. The molecule has 3 N–H and O–H groups in total. The van der Waals surface area contributed by atoms with E-state index in [4.69, 9.17) is 5.73 Å². The van der Waals surface area contributed by atoms with Gasteiger partial charge in [-0.05, 0) is 44.6 Å². The second kappa shape index (κ2) is 8.17. The van der Waals surface area contributed by atoms with Gasteiger partial charge in [0.2, 0.25) is 5.91 Å². The van der Waals surface area contributed by atoms with E-state index in [1.54, 1.807) is 0 Å². The highest BCUT2D eigenvalue weighted by Crippen LogP contribution is 2.20. The standard InChI is InChI=1S/C17H29N5O2/c1-12(11-22-14(3)8-13(2)20-22)10-19-17(24)21-6-4-15(5-7-21)9-16(18)23/h8,12,15H,4-7,9-11H2,1-3H3,(H2,18,23)(H,19,24)/t12-/m1/s1. The minimum atomic E-state index is -0.254. The number of hydrogen-bond donors (Lipinski definition) is 2. The van der Waals surface area contributed by atoms with Crippen LogP contribution in [0.5, 0.6) is 0 Å². The molecule has 134 valence electrons. The summed E-state index contributed by atoms with van der Waals surface area (Å²) in [5.41, 5.74) is 7.39. The maximum Gasteiger partial charge on any atom is 0.317 e. The highest BCUT2D eigenvalue weighted by molar-refractivity contribution is 5.75. The van der Waals surface area contributed by atoms with Gasteiger partial charge in [-0.3, -0.25) is 9.48 Å². The molecule has 2 rings (SSSR count). The van der Waals surface area contributed by atoms with Crippen LogP contribution in [0.2, 0.25) is 0 Å². The predicted molar refractivity (Wildman–Crippen MR) is 92.4 cm³/mol. The van der Waals surface area contributed by atoms with Crippen molar-refractivity contribution in [2.45, 2.75) is 46.6 Å². The van der Waals surface area contributed by atoms with Crippen LogP contribution in [0.3, 0.4) is 0 Å². The minimum Gasteiger partial charge on any atom is -0.370 e. The number of nitrogens with one attached hydrogen (secondary N) is 1. The topological polar surface area (TPSA) is 93.3 Å². The molecule has 1 aliphatic heterocycles. The Labute approximate surface area is 143 Å². The molecule has 3 amide bonds. The number of nitrogens with zero attached hydrogens (tertiary/aromatic N) is 3. The molecule has 0 bridgehead atoms. The molecule has 0 spiro atoms. The van der Waals surface area contributed by atoms with E-state index in [2.05, 4.69) is 23.4 Å². The molecule has 2 heterocycles. The first-order valence-electron chi connectivity index (χ1n) is 8.67. The van der Waals surface area contributed by atoms with Crippen LogP contribution in [-0.4, -0.2) is 46.3 Å². The second-order valence-corrected chi connectivity index (χ2v) is 7.00. The zero-order valence-corrected chi connectivity index (χ0v) is 14.9. The Bertz CT molecular complexity index is 576. The Kier molecular flexibility index (Phi) is 6.23. The molecular weight excluding hydrogens is 306 g/mol. The van der Waals surface area contributed by atoms with Gasteiger partial charge in [-0.1, -0.05) is 6.92 Å². The minimum absolute atomic E-state index is 0.0206. The number of rotatable bonds is 6. The van der Waals surface area contributed by atoms with Gasteiger partial charge in [0, 0.05) is 38.3 Å². The number of amides is 3. The number of nitrogens with two attached hydrogens (primary N) is 1. The lowest BCUT2D eigenvalue weighted by molar-refractivity contribution is -0.119. The molecule has 1 saturated heterocycles. The molecule has 1 atom stereocenters. The lowest BCUT2D eigenvalue weighted by Crippen LogP contribution is -2.46. The second-order valence-electron chi connectivity index (χ2n) is 7.00. The Morgan fingerprint density at radius 1 is 1.38 bits per heavy atom. The molecule has 24 heavy (non-hydrogen) atoms. The summed E-state index contributed by atoms with van der Waals surface area (Å²) in [6.07, 6.45) is 2.12. The maximum atomic E-state index is 12.3. The molecule has 0 saturated carbocycles. The number of piperidine rings is 1. The van der Waals surface area contributed by atoms with Gasteiger partial charge in [0.1, 0.15) is 0 Å². The fourth-order valence-electron chi connectivity index (χ4n) is 3.22. The van der Waals surface area contributed by atoms with E-state index >= 15 is 0 Å². The summed E-state index contributed by atoms with van der Waals surface area (Å²) in [5, 5.41) is 7.46. The summed E-state index contributed by atoms with van der Waals surface area (Å²) in [5.74, 6) is 0.367. The van der Waals surface area contributed by atoms with Crippen molar-refractivity contribution in [3.63, 3.8) is 0 Å². The lowest BCUT2D eigenvalue weighted by Gasteiger charge is -2.31. The first-order valence-corrected chi connectivity index (χ1v) is 8.67. The van der Waals surface area contributed by atoms with E-state index < -0.39 is 0 Å². The molecule has 1 aromatic heterocycles. The molecule has 0 aromatic carbocycles. The quantitative estimate of drug-likeness (QED) is 0.823. The third-order valence-electron chi connectivity index (χ3n) is 4.58. The van der Waals surface area contributed by atoms with E-state index in [1.165, 1.54) is 0 Å². The Balaban J connectivity index is 1.71. The van der Waals surface area contributed by atoms with E-state index in [9.17, 15) is 9.59 Å². The van der Waals surface area contributed by atoms with Gasteiger partial charge in [-0.25, -0.2) is 4.79 Å². The van der Waals surface area contributed by atoms with Crippen LogP contribution in [-0.2, 0) is 11.3 Å². The average Bonchev–Trinajstić information content (AvgIpc) is 2.82. The van der Waals surface area contributed by atoms with Crippen molar-refractivity contribution in [1.82, 2.24) is 20.0 Å². The third-order valence-corrected chi connectivity index (χ3v) is 4.58. The summed E-state index contributed by atoms with van der Waals surface area (Å²) in [6.45, 7) is 8.93. The largest absolute Gasteiger partial charge is 0.370 e. The maximum absolute atomic E-state index is 12.3. The van der Waals surface area contributed by atoms with Crippen LogP contribution in [0.15, 0.2) is 6.07 Å². The van der Waals surface area contributed by atoms with Crippen molar-refractivity contribution in [3.8, 4) is 0 Å². The molecule has 0 aliphatic carbocycles. The highest BCUT2D eigenvalue weighted by Gasteiger charge is 2.23. The van der Waals surface area contributed by atoms with Gasteiger partial charge in [0.05, 0.1) is 5.69 Å². The predicted octanol–water partition coefficient (Wildman–Crippen LogP) is 1.43. The summed E-state index contributed by atoms with van der Waals surface area (Å²) < 4.78 is 1.99. The van der Waals surface area contributed by atoms with E-state index in [1.807, 2.05) is 23.4 Å². The zero-order chi connectivity index (χ0) is 17.7. The van der Waals surface area contributed by atoms with Gasteiger partial charge in [0.15, 0.2) is 0 Å². The number of carbonyl (C=O) groups excluding carboxylic acids is 2. The van der Waals surface area contributed by atoms with E-state index in [-0.39, 0.29) is 11.9 Å². The van der Waals surface area contributed by atoms with Crippen molar-refractivity contribution in [2.24, 2.45) is 17.6 Å². The van der Waals surface area contributed by atoms with Crippen molar-refractivity contribution < 1.29 is 9.59 Å². The number of aromatic nitrogens is 2. The van der Waals surface area contributed by atoms with E-state index in [0.717, 1.165) is 30.8 Å². The number of carbonyl (C=O) groups is 2. The molecule has 1 aliphatic rings. The number of urea groups is 1. The summed E-state index contributed by atoms with van der Waals surface area (Å²) in [6, 6.07) is 2.04. The van der Waals surface area contributed by atoms with Crippen molar-refractivity contribution in [2.75, 3.05) is 19.6 Å². The van der Waals surface area contributed by atoms with Crippen molar-refractivity contribution in [1.29, 1.82) is 0 Å². The SMILES string of the molecule is Cc1cc(C)n(C[C@H](C)CNC(=O)N2CCC(CC(N)=O)CC2)n1. The molecule has 1 aromatic rings. The van der Waals surface area contributed by atoms with Crippen molar-refractivity contribution in [3.05, 3.63) is 17.5 Å². The number of aryl methyl sites for hydroxylation is 2. The normalized spacial score (nSPS) is 16.9. The average molecular weight is 335 g/mol. The Morgan fingerprint density at radius 3 is 2.58 bits per heavy atom. The van der Waals surface area contributed by atoms with Gasteiger partial charge >= 0.3 is 6.03 Å². The van der Waals surface area contributed by atoms with Crippen molar-refractivity contribution >= 4 is 11.9 Å². The Morgan fingerprint density at radius 2 is 2.04 bits per heavy atom. The van der Waals surface area contributed by atoms with Gasteiger partial charge in [-0.2, -0.15) is 5.10 Å². The smallest absolute Gasteiger partial charge is 0.317 e. The highest BCUT2D eigenvalue weighted by atomic mass is 16.2. The van der Waals surface area contributed by atoms with Crippen LogP contribution in [0, 0.1) is 25.7 Å².